The van der Waals surface area contributed by atoms with Crippen molar-refractivity contribution < 1.29 is 38.1 Å². The van der Waals surface area contributed by atoms with E-state index in [9.17, 15) is 5.11 Å². The van der Waals surface area contributed by atoms with Crippen LogP contribution in [0.2, 0.25) is 0 Å². The lowest BCUT2D eigenvalue weighted by atomic mass is 10.1. The van der Waals surface area contributed by atoms with E-state index in [1.165, 1.54) is 21.6 Å². The number of rotatable bonds is 4. The number of hydrogen-bond acceptors (Lipinski definition) is 7. The van der Waals surface area contributed by atoms with Crippen LogP contribution >= 0.6 is 11.5 Å². The summed E-state index contributed by atoms with van der Waals surface area (Å²) in [5.74, 6) is 0. The molecule has 0 saturated carbocycles. The monoisotopic (exact) mass is 410 g/mol. The van der Waals surface area contributed by atoms with Crippen LogP contribution in [0, 0.1) is 24.1 Å². The molecule has 0 fully saturated rings. The molecule has 0 radical (unpaired) electrons. The Bertz CT molecular complexity index is 844. The Kier molecular flexibility index (Phi) is 7.28. The number of nitrogens with one attached hydrogen (secondary N) is 1. The van der Waals surface area contributed by atoms with Crippen molar-refractivity contribution in [3.63, 3.8) is 0 Å². The maximum Gasteiger partial charge on any atom is 0.224 e. The molecular weight excluding hydrogens is 392 g/mol. The topological polar surface area (TPSA) is 128 Å². The van der Waals surface area contributed by atoms with Crippen LogP contribution in [0.4, 0.5) is 0 Å². The molecule has 3 rings (SSSR count). The molecule has 9 heteroatoms. The highest BCUT2D eigenvalue weighted by Crippen LogP contribution is 2.24. The van der Waals surface area contributed by atoms with Gasteiger partial charge < -0.3 is 5.11 Å². The van der Waals surface area contributed by atoms with Crippen molar-refractivity contribution in [3.8, 4) is 11.1 Å². The van der Waals surface area contributed by atoms with Crippen LogP contribution in [-0.4, -0.2) is 5.11 Å². The van der Waals surface area contributed by atoms with Crippen LogP contribution < -0.4 is 28.1 Å². The zero-order valence-electron chi connectivity index (χ0n) is 14.7. The number of nitrogens with zero attached hydrogens (tertiary/aromatic N) is 1. The molecule has 0 aliphatic heterocycles. The molecule has 1 heterocycles. The maximum absolute atomic E-state index is 10.3. The zero-order chi connectivity index (χ0) is 20.0. The lowest BCUT2D eigenvalue weighted by Crippen LogP contribution is -2.68. The van der Waals surface area contributed by atoms with Gasteiger partial charge in [-0.25, -0.2) is 18.6 Å². The van der Waals surface area contributed by atoms with Gasteiger partial charge in [-0.05, 0) is 23.5 Å². The Hall–Kier alpha value is -2.04. The van der Waals surface area contributed by atoms with E-state index < -0.39 is 16.5 Å². The normalized spacial score (nSPS) is 12.1. The zero-order valence-corrected chi connectivity index (χ0v) is 16.2. The molecule has 0 bridgehead atoms. The lowest BCUT2D eigenvalue weighted by molar-refractivity contribution is -2.00. The smallest absolute Gasteiger partial charge is 0.224 e. The third-order valence-electron chi connectivity index (χ3n) is 3.59. The van der Waals surface area contributed by atoms with E-state index in [0.29, 0.717) is 0 Å². The van der Waals surface area contributed by atoms with Crippen molar-refractivity contribution in [3.05, 3.63) is 76.8 Å². The highest BCUT2D eigenvalue weighted by molar-refractivity contribution is 7.02. The summed E-state index contributed by atoms with van der Waals surface area (Å²) in [7, 11) is -4.94. The van der Waals surface area contributed by atoms with Crippen molar-refractivity contribution in [1.82, 2.24) is 0 Å². The molecule has 0 aliphatic rings. The van der Waals surface area contributed by atoms with Gasteiger partial charge in [0.1, 0.15) is 0 Å². The van der Waals surface area contributed by atoms with Gasteiger partial charge in [0.25, 0.3) is 0 Å². The first kappa shape index (κ1) is 21.3. The number of aromatic nitrogens is 1. The molecule has 1 atom stereocenters. The molecule has 7 nitrogen and oxygen atoms in total. The van der Waals surface area contributed by atoms with Crippen LogP contribution in [0.25, 0.3) is 11.1 Å². The van der Waals surface area contributed by atoms with E-state index in [1.807, 2.05) is 59.7 Å². The third kappa shape index (κ3) is 7.24. The quantitative estimate of drug-likeness (QED) is 0.410. The SMILES string of the molecule is Cc1ccc(C(O)N[n+]2cc(-c3ccccc3)c(C)s2)cc1.[O-][Cl+3]([O-])([O-])[O-]. The fourth-order valence-corrected chi connectivity index (χ4v) is 3.21. The minimum Gasteiger partial charge on any atom is -0.365 e. The van der Waals surface area contributed by atoms with Gasteiger partial charge in [-0.15, -0.1) is 15.7 Å². The van der Waals surface area contributed by atoms with Gasteiger partial charge in [0.05, 0.1) is 10.4 Å². The van der Waals surface area contributed by atoms with Crippen LogP contribution in [-0.2, 0) is 0 Å². The van der Waals surface area contributed by atoms with Crippen molar-refractivity contribution in [2.24, 2.45) is 0 Å². The molecular formula is C18H19ClN2O5S. The van der Waals surface area contributed by atoms with Gasteiger partial charge in [-0.2, -0.15) is 0 Å². The van der Waals surface area contributed by atoms with Gasteiger partial charge in [0.15, 0.2) is 11.5 Å². The van der Waals surface area contributed by atoms with Crippen molar-refractivity contribution >= 4 is 11.5 Å². The minimum absolute atomic E-state index is 0.729. The molecule has 0 saturated heterocycles. The molecule has 2 aromatic carbocycles. The van der Waals surface area contributed by atoms with E-state index in [0.717, 1.165) is 5.56 Å². The van der Waals surface area contributed by atoms with E-state index in [-0.39, 0.29) is 0 Å². The van der Waals surface area contributed by atoms with E-state index in [1.54, 1.807) is 11.5 Å². The summed E-state index contributed by atoms with van der Waals surface area (Å²) in [6.07, 6.45) is 1.29. The molecule has 3 aromatic rings. The Morgan fingerprint density at radius 2 is 1.52 bits per heavy atom. The molecule has 2 N–H and O–H groups in total. The molecule has 1 aromatic heterocycles. The van der Waals surface area contributed by atoms with E-state index in [4.69, 9.17) is 18.6 Å². The predicted octanol–water partition coefficient (Wildman–Crippen LogP) is -1.20. The van der Waals surface area contributed by atoms with Crippen molar-refractivity contribution in [2.75, 3.05) is 5.43 Å². The van der Waals surface area contributed by atoms with Crippen LogP contribution in [0.3, 0.4) is 0 Å². The van der Waals surface area contributed by atoms with Gasteiger partial charge in [0, 0.05) is 5.56 Å². The van der Waals surface area contributed by atoms with Gasteiger partial charge in [0.2, 0.25) is 12.4 Å². The maximum atomic E-state index is 10.3. The van der Waals surface area contributed by atoms with E-state index in [2.05, 4.69) is 24.5 Å². The standard InChI is InChI=1S/C18H19N2OS.ClHO4/c1-13-8-10-16(11-9-13)18(21)19-20-12-17(14(2)22-20)15-6-4-3-5-7-15;2-1(3,4)5/h3-12,18-19,21H,1-2H3;(H,2,3,4,5)/q+1;/p-1. The number of benzene rings is 2. The van der Waals surface area contributed by atoms with Gasteiger partial charge >= 0.3 is 0 Å². The molecule has 1 unspecified atom stereocenters. The molecule has 27 heavy (non-hydrogen) atoms. The second kappa shape index (κ2) is 9.25. The van der Waals surface area contributed by atoms with Crippen LogP contribution in [0.5, 0.6) is 0 Å². The Morgan fingerprint density at radius 1 is 0.963 bits per heavy atom. The summed E-state index contributed by atoms with van der Waals surface area (Å²) in [6.45, 7) is 4.12. The number of halogens is 1. The number of hydrogen-bond donors (Lipinski definition) is 2. The summed E-state index contributed by atoms with van der Waals surface area (Å²) in [4.78, 5) is 1.20. The van der Waals surface area contributed by atoms with Crippen molar-refractivity contribution in [1.29, 1.82) is 0 Å². The average Bonchev–Trinajstić information content (AvgIpc) is 2.95. The molecule has 0 amide bonds. The van der Waals surface area contributed by atoms with Crippen LogP contribution in [0.1, 0.15) is 22.2 Å². The summed E-state index contributed by atoms with van der Waals surface area (Å²) >= 11 is 1.58. The average molecular weight is 411 g/mol. The fraction of sp³-hybridized carbons (Fsp3) is 0.167. The number of aliphatic hydroxyl groups excluding tert-OH is 1. The van der Waals surface area contributed by atoms with Crippen LogP contribution in [0.15, 0.2) is 60.8 Å². The summed E-state index contributed by atoms with van der Waals surface area (Å²) < 4.78 is 35.8. The molecule has 0 spiro atoms. The summed E-state index contributed by atoms with van der Waals surface area (Å²) in [5.41, 5.74) is 7.49. The first-order valence-electron chi connectivity index (χ1n) is 7.84. The highest BCUT2D eigenvalue weighted by atomic mass is 35.7. The number of aryl methyl sites for hydroxylation is 2. The largest absolute Gasteiger partial charge is 0.365 e. The van der Waals surface area contributed by atoms with Gasteiger partial charge in [-0.3, -0.25) is 0 Å². The van der Waals surface area contributed by atoms with Crippen molar-refractivity contribution in [2.45, 2.75) is 20.1 Å². The molecule has 0 aliphatic carbocycles. The minimum atomic E-state index is -4.94. The Balaban J connectivity index is 0.000000465. The first-order valence-corrected chi connectivity index (χ1v) is 9.85. The summed E-state index contributed by atoms with van der Waals surface area (Å²) in [6, 6.07) is 18.1. The highest BCUT2D eigenvalue weighted by Gasteiger charge is 2.18. The second-order valence-corrected chi connectivity index (χ2v) is 7.65. The lowest BCUT2D eigenvalue weighted by Gasteiger charge is -2.17. The third-order valence-corrected chi connectivity index (χ3v) is 4.49. The van der Waals surface area contributed by atoms with E-state index >= 15 is 0 Å². The Morgan fingerprint density at radius 3 is 2.07 bits per heavy atom. The fourth-order valence-electron chi connectivity index (χ4n) is 2.33. The first-order chi connectivity index (χ1) is 12.6. The molecule has 144 valence electrons. The second-order valence-electron chi connectivity index (χ2n) is 5.70. The number of aliphatic hydroxyl groups is 1. The van der Waals surface area contributed by atoms with Gasteiger partial charge in [-0.1, -0.05) is 60.2 Å². The predicted molar refractivity (Wildman–Crippen MR) is 90.2 cm³/mol. The summed E-state index contributed by atoms with van der Waals surface area (Å²) in [5, 5.41) is 10.3. The Labute approximate surface area is 163 Å².